The number of Topliss-reactive ketones (excluding diaryl/α,β-unsaturated/α-hetero) is 1. The van der Waals surface area contributed by atoms with Crippen LogP contribution in [0.5, 0.6) is 0 Å². The summed E-state index contributed by atoms with van der Waals surface area (Å²) in [6.45, 7) is 1.22. The van der Waals surface area contributed by atoms with E-state index >= 15 is 0 Å². The van der Waals surface area contributed by atoms with E-state index in [4.69, 9.17) is 28.2 Å². The molecule has 14 nitrogen and oxygen atoms in total. The molecule has 0 aromatic carbocycles. The number of hydrazine groups is 2. The first-order chi connectivity index (χ1) is 9.96. The largest absolute Gasteiger partial charge is 0.335 e. The lowest BCUT2D eigenvalue weighted by atomic mass is 10.5. The van der Waals surface area contributed by atoms with E-state index in [0.717, 1.165) is 0 Å². The molecule has 0 amide bonds. The molecule has 0 atom stereocenters. The van der Waals surface area contributed by atoms with Crippen LogP contribution in [0.2, 0.25) is 0 Å². The first-order valence-electron chi connectivity index (χ1n) is 5.15. The number of carbonyl (C=O) groups excluding carboxylic acids is 2. The first-order valence-corrected chi connectivity index (χ1v) is 5.15. The number of ketones is 1. The molecular formula is C7H16N12O2. The number of nitrogens with one attached hydrogen (secondary N) is 2. The Balaban J connectivity index is 0.000000296. The Labute approximate surface area is 118 Å². The van der Waals surface area contributed by atoms with E-state index in [-0.39, 0.29) is 6.29 Å². The molecule has 2 aromatic heterocycles. The van der Waals surface area contributed by atoms with Crippen molar-refractivity contribution < 1.29 is 9.59 Å². The fraction of sp³-hybridized carbons (Fsp3) is 0.143. The van der Waals surface area contributed by atoms with Crippen molar-refractivity contribution in [2.75, 3.05) is 22.5 Å². The van der Waals surface area contributed by atoms with Crippen LogP contribution in [0.4, 0.5) is 11.9 Å². The second kappa shape index (κ2) is 9.64. The highest BCUT2D eigenvalue weighted by Gasteiger charge is 1.93. The average molecular weight is 300 g/mol. The number of hydrogen-bond acceptors (Lipinski definition) is 12. The molecule has 0 unspecified atom stereocenters. The molecule has 2 aromatic rings. The maximum atomic E-state index is 9.44. The monoisotopic (exact) mass is 300 g/mol. The summed E-state index contributed by atoms with van der Waals surface area (Å²) in [6.07, 6.45) is 2.96. The Hall–Kier alpha value is -3.26. The van der Waals surface area contributed by atoms with Gasteiger partial charge in [0.15, 0.2) is 12.1 Å². The lowest BCUT2D eigenvalue weighted by molar-refractivity contribution is -0.128. The fourth-order valence-electron chi connectivity index (χ4n) is 0.692. The smallest absolute Gasteiger partial charge is 0.257 e. The zero-order chi connectivity index (χ0) is 16.3. The van der Waals surface area contributed by atoms with E-state index in [9.17, 15) is 4.79 Å². The van der Waals surface area contributed by atoms with Crippen molar-refractivity contribution in [3.63, 3.8) is 0 Å². The number of aromatic nitrogens is 6. The topological polar surface area (TPSA) is 224 Å². The normalized spacial score (nSPS) is 8.52. The van der Waals surface area contributed by atoms with Gasteiger partial charge in [-0.05, 0) is 0 Å². The van der Waals surface area contributed by atoms with Gasteiger partial charge in [-0.1, -0.05) is 0 Å². The standard InChI is InChI=1S/C3H4O2.2C2H6N6/c1-3(5)2-4;2*3-6-2-7-5-1-8(2)4/h2H,1H3;2*1H,3-4H2,(H,6,7). The molecule has 0 spiro atoms. The van der Waals surface area contributed by atoms with Crippen LogP contribution >= 0.6 is 0 Å². The number of nitrogen functional groups attached to an aromatic ring is 4. The van der Waals surface area contributed by atoms with E-state index in [1.807, 2.05) is 0 Å². The Morgan fingerprint density at radius 2 is 1.43 bits per heavy atom. The number of hydrogen-bond donors (Lipinski definition) is 6. The van der Waals surface area contributed by atoms with Gasteiger partial charge >= 0.3 is 0 Å². The molecule has 116 valence electrons. The highest BCUT2D eigenvalue weighted by molar-refractivity contribution is 6.23. The molecule has 10 N–H and O–H groups in total. The van der Waals surface area contributed by atoms with Crippen molar-refractivity contribution in [2.45, 2.75) is 6.92 Å². The SMILES string of the molecule is CC(=O)C=O.NNc1nncn1N.NNc1nncn1N. The predicted octanol–water partition coefficient (Wildman–Crippen LogP) is -3.67. The highest BCUT2D eigenvalue weighted by atomic mass is 16.2. The second-order valence-electron chi connectivity index (χ2n) is 3.14. The van der Waals surface area contributed by atoms with Gasteiger partial charge in [0.25, 0.3) is 11.9 Å². The summed E-state index contributed by atoms with van der Waals surface area (Å²) in [5.74, 6) is 20.5. The van der Waals surface area contributed by atoms with Crippen LogP contribution in [0.3, 0.4) is 0 Å². The van der Waals surface area contributed by atoms with Crippen LogP contribution in [0.25, 0.3) is 0 Å². The van der Waals surface area contributed by atoms with E-state index in [0.29, 0.717) is 11.9 Å². The van der Waals surface area contributed by atoms with Crippen molar-refractivity contribution in [1.82, 2.24) is 29.7 Å². The summed E-state index contributed by atoms with van der Waals surface area (Å²) in [5.41, 5.74) is 4.48. The van der Waals surface area contributed by atoms with E-state index < -0.39 is 5.78 Å². The summed E-state index contributed by atoms with van der Waals surface area (Å²) in [6, 6.07) is 0. The lowest BCUT2D eigenvalue weighted by Crippen LogP contribution is -2.17. The lowest BCUT2D eigenvalue weighted by Gasteiger charge is -1.93. The van der Waals surface area contributed by atoms with Crippen LogP contribution in [0, 0.1) is 0 Å². The summed E-state index contributed by atoms with van der Waals surface area (Å²) in [5, 5.41) is 13.8. The van der Waals surface area contributed by atoms with Crippen molar-refractivity contribution >= 4 is 24.0 Å². The summed E-state index contributed by atoms with van der Waals surface area (Å²) in [4.78, 5) is 18.6. The summed E-state index contributed by atoms with van der Waals surface area (Å²) >= 11 is 0. The number of rotatable bonds is 3. The number of aldehydes is 1. The molecule has 0 aliphatic carbocycles. The van der Waals surface area contributed by atoms with Crippen LogP contribution < -0.4 is 34.2 Å². The number of carbonyl (C=O) groups is 2. The Kier molecular flexibility index (Phi) is 8.14. The number of anilines is 2. The van der Waals surface area contributed by atoms with Gasteiger partial charge in [-0.25, -0.2) is 21.0 Å². The van der Waals surface area contributed by atoms with Crippen LogP contribution in [-0.4, -0.2) is 41.8 Å². The molecule has 0 saturated carbocycles. The third kappa shape index (κ3) is 7.03. The molecule has 0 saturated heterocycles. The third-order valence-corrected chi connectivity index (χ3v) is 1.57. The number of nitrogens with zero attached hydrogens (tertiary/aromatic N) is 6. The predicted molar refractivity (Wildman–Crippen MR) is 72.7 cm³/mol. The number of nitrogens with two attached hydrogens (primary N) is 4. The van der Waals surface area contributed by atoms with Crippen molar-refractivity contribution in [2.24, 2.45) is 11.7 Å². The third-order valence-electron chi connectivity index (χ3n) is 1.57. The zero-order valence-electron chi connectivity index (χ0n) is 11.0. The van der Waals surface area contributed by atoms with Crippen molar-refractivity contribution in [3.8, 4) is 0 Å². The molecule has 0 bridgehead atoms. The Bertz CT molecular complexity index is 507. The van der Waals surface area contributed by atoms with Crippen LogP contribution in [0.1, 0.15) is 6.92 Å². The van der Waals surface area contributed by atoms with Gasteiger partial charge in [0, 0.05) is 6.92 Å². The Morgan fingerprint density at radius 1 is 1.10 bits per heavy atom. The Morgan fingerprint density at radius 3 is 1.52 bits per heavy atom. The maximum absolute atomic E-state index is 9.44. The fourth-order valence-corrected chi connectivity index (χ4v) is 0.692. The molecule has 0 aliphatic rings. The molecule has 0 aliphatic heterocycles. The van der Waals surface area contributed by atoms with Gasteiger partial charge in [0.05, 0.1) is 0 Å². The quantitative estimate of drug-likeness (QED) is 0.139. The summed E-state index contributed by atoms with van der Waals surface area (Å²) in [7, 11) is 0. The van der Waals surface area contributed by atoms with Gasteiger partial charge in [-0.2, -0.15) is 0 Å². The van der Waals surface area contributed by atoms with E-state index in [2.05, 4.69) is 31.2 Å². The minimum atomic E-state index is -0.426. The summed E-state index contributed by atoms with van der Waals surface area (Å²) < 4.78 is 2.36. The zero-order valence-corrected chi connectivity index (χ0v) is 11.0. The van der Waals surface area contributed by atoms with Crippen LogP contribution in [0.15, 0.2) is 12.7 Å². The van der Waals surface area contributed by atoms with Gasteiger partial charge in [-0.15, -0.1) is 20.4 Å². The molecular weight excluding hydrogens is 284 g/mol. The van der Waals surface area contributed by atoms with Crippen molar-refractivity contribution in [3.05, 3.63) is 12.7 Å². The van der Waals surface area contributed by atoms with Gasteiger partial charge in [0.1, 0.15) is 12.7 Å². The molecule has 0 fully saturated rings. The van der Waals surface area contributed by atoms with Crippen LogP contribution in [-0.2, 0) is 9.59 Å². The highest BCUT2D eigenvalue weighted by Crippen LogP contribution is 1.90. The average Bonchev–Trinajstić information content (AvgIpc) is 3.07. The van der Waals surface area contributed by atoms with Crippen molar-refractivity contribution in [1.29, 1.82) is 0 Å². The molecule has 21 heavy (non-hydrogen) atoms. The van der Waals surface area contributed by atoms with Gasteiger partial charge in [-0.3, -0.25) is 20.4 Å². The maximum Gasteiger partial charge on any atom is 0.257 e. The molecule has 14 heteroatoms. The minimum Gasteiger partial charge on any atom is -0.335 e. The molecule has 2 rings (SSSR count). The first kappa shape index (κ1) is 17.7. The molecule has 2 heterocycles. The van der Waals surface area contributed by atoms with Gasteiger partial charge < -0.3 is 11.7 Å². The minimum absolute atomic E-state index is 0.278. The molecule has 0 radical (unpaired) electrons. The van der Waals surface area contributed by atoms with E-state index in [1.165, 1.54) is 28.9 Å². The second-order valence-corrected chi connectivity index (χ2v) is 3.14. The van der Waals surface area contributed by atoms with E-state index in [1.54, 1.807) is 0 Å². The van der Waals surface area contributed by atoms with Gasteiger partial charge in [0.2, 0.25) is 0 Å².